The number of aromatic nitrogens is 1. The number of thiazole rings is 1. The van der Waals surface area contributed by atoms with Gasteiger partial charge in [0.25, 0.3) is 11.6 Å². The van der Waals surface area contributed by atoms with Gasteiger partial charge in [-0.3, -0.25) is 20.2 Å². The van der Waals surface area contributed by atoms with Crippen LogP contribution in [0.4, 0.5) is 10.8 Å². The maximum absolute atomic E-state index is 11.3. The van der Waals surface area contributed by atoms with Gasteiger partial charge in [0.15, 0.2) is 9.97 Å². The lowest BCUT2D eigenvalue weighted by Crippen LogP contribution is -2.18. The minimum absolute atomic E-state index is 0.0253. The van der Waals surface area contributed by atoms with Crippen molar-refractivity contribution in [2.75, 3.05) is 5.32 Å². The normalized spacial score (nSPS) is 10.6. The third-order valence-corrected chi connectivity index (χ3v) is 3.44. The monoisotopic (exact) mass is 331 g/mol. The van der Waals surface area contributed by atoms with Crippen LogP contribution in [0.3, 0.4) is 0 Å². The first-order chi connectivity index (χ1) is 9.47. The molecule has 6 nitrogen and oxygen atoms in total. The first-order valence-corrected chi connectivity index (χ1v) is 7.02. The number of alkyl halides is 2. The van der Waals surface area contributed by atoms with Gasteiger partial charge in [-0.1, -0.05) is 35.3 Å². The summed E-state index contributed by atoms with van der Waals surface area (Å²) in [6.07, 6.45) is 0. The molecule has 9 heteroatoms. The molecular weight excluding hydrogens is 325 g/mol. The van der Waals surface area contributed by atoms with Gasteiger partial charge in [-0.2, -0.15) is 0 Å². The summed E-state index contributed by atoms with van der Waals surface area (Å²) in [5.74, 6) is -0.576. The topological polar surface area (TPSA) is 85.1 Å². The highest BCUT2D eigenvalue weighted by Gasteiger charge is 2.14. The Hall–Kier alpha value is -1.70. The van der Waals surface area contributed by atoms with Crippen molar-refractivity contribution in [2.24, 2.45) is 0 Å². The fraction of sp³-hybridized carbons (Fsp3) is 0.0909. The van der Waals surface area contributed by atoms with E-state index in [9.17, 15) is 14.9 Å². The first-order valence-electron chi connectivity index (χ1n) is 5.27. The zero-order valence-corrected chi connectivity index (χ0v) is 12.1. The van der Waals surface area contributed by atoms with Crippen LogP contribution >= 0.6 is 34.5 Å². The summed E-state index contributed by atoms with van der Waals surface area (Å²) < 4.78 is 0. The van der Waals surface area contributed by atoms with Crippen molar-refractivity contribution in [1.82, 2.24) is 4.98 Å². The first kappa shape index (κ1) is 14.7. The van der Waals surface area contributed by atoms with Crippen LogP contribution in [0.25, 0.3) is 11.3 Å². The van der Waals surface area contributed by atoms with Gasteiger partial charge in [0.2, 0.25) is 0 Å². The highest BCUT2D eigenvalue weighted by molar-refractivity contribution is 7.14. The molecule has 1 aromatic heterocycles. The summed E-state index contributed by atoms with van der Waals surface area (Å²) in [5.41, 5.74) is 1.08. The van der Waals surface area contributed by atoms with Crippen LogP contribution in [0.5, 0.6) is 0 Å². The van der Waals surface area contributed by atoms with Gasteiger partial charge in [0.1, 0.15) is 0 Å². The number of benzene rings is 1. The van der Waals surface area contributed by atoms with Gasteiger partial charge in [0, 0.05) is 23.1 Å². The molecule has 0 fully saturated rings. The number of nitrogens with zero attached hydrogens (tertiary/aromatic N) is 2. The predicted molar refractivity (Wildman–Crippen MR) is 78.3 cm³/mol. The average molecular weight is 332 g/mol. The van der Waals surface area contributed by atoms with Crippen LogP contribution in [0.2, 0.25) is 0 Å². The van der Waals surface area contributed by atoms with Crippen molar-refractivity contribution in [1.29, 1.82) is 0 Å². The molecule has 0 aliphatic heterocycles. The minimum Gasteiger partial charge on any atom is -0.300 e. The Morgan fingerprint density at radius 3 is 2.85 bits per heavy atom. The van der Waals surface area contributed by atoms with Crippen LogP contribution in [0.1, 0.15) is 0 Å². The van der Waals surface area contributed by atoms with Gasteiger partial charge in [-0.25, -0.2) is 4.98 Å². The van der Waals surface area contributed by atoms with Gasteiger partial charge < -0.3 is 0 Å². The maximum Gasteiger partial charge on any atom is 0.270 e. The molecule has 1 N–H and O–H groups in total. The zero-order valence-electron chi connectivity index (χ0n) is 9.75. The van der Waals surface area contributed by atoms with E-state index in [0.717, 1.165) is 0 Å². The Morgan fingerprint density at radius 2 is 2.20 bits per heavy atom. The van der Waals surface area contributed by atoms with Gasteiger partial charge >= 0.3 is 0 Å². The summed E-state index contributed by atoms with van der Waals surface area (Å²) in [6.45, 7) is 0. The van der Waals surface area contributed by atoms with E-state index in [4.69, 9.17) is 23.2 Å². The van der Waals surface area contributed by atoms with Gasteiger partial charge in [-0.15, -0.1) is 11.3 Å². The number of nitro groups is 1. The largest absolute Gasteiger partial charge is 0.300 e. The molecule has 0 unspecified atom stereocenters. The second-order valence-corrected chi connectivity index (χ2v) is 5.59. The molecule has 2 rings (SSSR count). The Kier molecular flexibility index (Phi) is 4.53. The maximum atomic E-state index is 11.3. The Bertz CT molecular complexity index is 660. The number of non-ortho nitro benzene ring substituents is 1. The van der Waals surface area contributed by atoms with Crippen LogP contribution in [-0.4, -0.2) is 20.7 Å². The number of carbonyl (C=O) groups is 1. The van der Waals surface area contributed by atoms with Crippen molar-refractivity contribution >= 4 is 51.3 Å². The molecule has 20 heavy (non-hydrogen) atoms. The number of carbonyl (C=O) groups excluding carboxylic acids is 1. The number of hydrogen-bond acceptors (Lipinski definition) is 5. The van der Waals surface area contributed by atoms with E-state index in [-0.39, 0.29) is 5.69 Å². The quantitative estimate of drug-likeness (QED) is 0.528. The van der Waals surface area contributed by atoms with Crippen LogP contribution in [0, 0.1) is 10.1 Å². The van der Waals surface area contributed by atoms with E-state index in [1.54, 1.807) is 17.5 Å². The van der Waals surface area contributed by atoms with Crippen LogP contribution < -0.4 is 5.32 Å². The molecule has 0 atom stereocenters. The molecule has 0 bridgehead atoms. The smallest absolute Gasteiger partial charge is 0.270 e. The van der Waals surface area contributed by atoms with Crippen LogP contribution in [0.15, 0.2) is 29.6 Å². The highest BCUT2D eigenvalue weighted by atomic mass is 35.5. The lowest BCUT2D eigenvalue weighted by molar-refractivity contribution is -0.384. The molecule has 104 valence electrons. The molecule has 0 spiro atoms. The van der Waals surface area contributed by atoms with E-state index in [0.29, 0.717) is 16.4 Å². The van der Waals surface area contributed by atoms with Crippen molar-refractivity contribution in [2.45, 2.75) is 4.84 Å². The summed E-state index contributed by atoms with van der Waals surface area (Å²) in [5, 5.41) is 15.1. The van der Waals surface area contributed by atoms with E-state index >= 15 is 0 Å². The van der Waals surface area contributed by atoms with E-state index < -0.39 is 15.7 Å². The fourth-order valence-corrected chi connectivity index (χ4v) is 2.23. The summed E-state index contributed by atoms with van der Waals surface area (Å²) in [7, 11) is 0. The summed E-state index contributed by atoms with van der Waals surface area (Å²) >= 11 is 12.0. The third-order valence-electron chi connectivity index (χ3n) is 2.29. The second kappa shape index (κ2) is 6.17. The standard InChI is InChI=1S/C11H7Cl2N3O3S/c12-9(13)10(17)15-11-14-8(5-20-11)6-2-1-3-7(4-6)16(18)19/h1-5,9H,(H,14,15,17). The molecule has 1 heterocycles. The lowest BCUT2D eigenvalue weighted by atomic mass is 10.1. The Balaban J connectivity index is 2.22. The average Bonchev–Trinajstić information content (AvgIpc) is 2.87. The van der Waals surface area contributed by atoms with Crippen molar-refractivity contribution in [3.05, 3.63) is 39.8 Å². The van der Waals surface area contributed by atoms with Crippen molar-refractivity contribution in [3.63, 3.8) is 0 Å². The third kappa shape index (κ3) is 3.44. The highest BCUT2D eigenvalue weighted by Crippen LogP contribution is 2.27. The molecule has 0 radical (unpaired) electrons. The summed E-state index contributed by atoms with van der Waals surface area (Å²) in [6, 6.07) is 6.06. The summed E-state index contributed by atoms with van der Waals surface area (Å²) in [4.78, 5) is 24.5. The number of anilines is 1. The van der Waals surface area contributed by atoms with Gasteiger partial charge in [0.05, 0.1) is 10.6 Å². The molecule has 0 saturated carbocycles. The zero-order chi connectivity index (χ0) is 14.7. The number of rotatable bonds is 4. The molecule has 0 aliphatic rings. The molecular formula is C11H7Cl2N3O3S. The molecule has 1 aromatic carbocycles. The molecule has 1 amide bonds. The fourth-order valence-electron chi connectivity index (χ4n) is 1.40. The van der Waals surface area contributed by atoms with Crippen molar-refractivity contribution < 1.29 is 9.72 Å². The van der Waals surface area contributed by atoms with E-state index in [1.807, 2.05) is 0 Å². The number of amides is 1. The second-order valence-electron chi connectivity index (χ2n) is 3.64. The lowest BCUT2D eigenvalue weighted by Gasteiger charge is -2.00. The van der Waals surface area contributed by atoms with Crippen LogP contribution in [-0.2, 0) is 4.79 Å². The predicted octanol–water partition coefficient (Wildman–Crippen LogP) is 3.46. The number of nitro benzene ring substituents is 1. The minimum atomic E-state index is -1.18. The van der Waals surface area contributed by atoms with Gasteiger partial charge in [-0.05, 0) is 0 Å². The Morgan fingerprint density at radius 1 is 1.45 bits per heavy atom. The van der Waals surface area contributed by atoms with E-state index in [2.05, 4.69) is 10.3 Å². The molecule has 0 saturated heterocycles. The number of hydrogen-bond donors (Lipinski definition) is 1. The van der Waals surface area contributed by atoms with E-state index in [1.165, 1.54) is 23.5 Å². The Labute approximate surface area is 127 Å². The number of nitrogens with one attached hydrogen (secondary N) is 1. The molecule has 0 aliphatic carbocycles. The SMILES string of the molecule is O=C(Nc1nc(-c2cccc([N+](=O)[O-])c2)cs1)C(Cl)Cl. The molecule has 2 aromatic rings. The number of halogens is 2. The van der Waals surface area contributed by atoms with Crippen molar-refractivity contribution in [3.8, 4) is 11.3 Å².